The maximum Gasteiger partial charge on any atom is 0.149 e. The molecule has 2 heterocycles. The van der Waals surface area contributed by atoms with Gasteiger partial charge in [0.05, 0.1) is 23.5 Å². The number of pyridine rings is 1. The molecule has 0 spiro atoms. The van der Waals surface area contributed by atoms with Gasteiger partial charge in [-0.2, -0.15) is 0 Å². The van der Waals surface area contributed by atoms with Gasteiger partial charge in [-0.05, 0) is 37.6 Å². The molecule has 1 unspecified atom stereocenters. The fourth-order valence-electron chi connectivity index (χ4n) is 2.78. The van der Waals surface area contributed by atoms with Crippen molar-refractivity contribution < 1.29 is 8.42 Å². The lowest BCUT2D eigenvalue weighted by molar-refractivity contribution is 0.602. The molecule has 0 fully saturated rings. The third kappa shape index (κ3) is 5.39. The van der Waals surface area contributed by atoms with Crippen molar-refractivity contribution in [1.82, 2.24) is 15.0 Å². The van der Waals surface area contributed by atoms with Crippen LogP contribution in [-0.2, 0) is 9.84 Å². The number of aromatic nitrogens is 3. The van der Waals surface area contributed by atoms with E-state index in [1.54, 1.807) is 6.20 Å². The average Bonchev–Trinajstić information content (AvgIpc) is 2.61. The summed E-state index contributed by atoms with van der Waals surface area (Å²) in [4.78, 5) is 13.3. The Balaban J connectivity index is 1.88. The van der Waals surface area contributed by atoms with Gasteiger partial charge in [0.15, 0.2) is 0 Å². The van der Waals surface area contributed by atoms with Crippen molar-refractivity contribution in [3.8, 4) is 0 Å². The van der Waals surface area contributed by atoms with Crippen LogP contribution >= 0.6 is 15.9 Å². The van der Waals surface area contributed by atoms with Crippen LogP contribution in [0.4, 0.5) is 11.6 Å². The Morgan fingerprint density at radius 2 is 2.00 bits per heavy atom. The largest absolute Gasteiger partial charge is 0.369 e. The Morgan fingerprint density at radius 1 is 1.21 bits per heavy atom. The fraction of sp³-hybridized carbons (Fsp3) is 0.316. The van der Waals surface area contributed by atoms with Crippen molar-refractivity contribution in [2.45, 2.75) is 19.9 Å². The minimum Gasteiger partial charge on any atom is -0.369 e. The number of benzene rings is 1. The number of halogens is 1. The molecule has 3 rings (SSSR count). The molecule has 0 radical (unpaired) electrons. The minimum atomic E-state index is -3.03. The van der Waals surface area contributed by atoms with Crippen molar-refractivity contribution >= 4 is 48.3 Å². The normalized spacial score (nSPS) is 12.7. The van der Waals surface area contributed by atoms with Gasteiger partial charge in [0.25, 0.3) is 0 Å². The van der Waals surface area contributed by atoms with Gasteiger partial charge in [-0.3, -0.25) is 0 Å². The van der Waals surface area contributed by atoms with Crippen molar-refractivity contribution in [1.29, 1.82) is 0 Å². The second-order valence-corrected chi connectivity index (χ2v) is 9.86. The lowest BCUT2D eigenvalue weighted by Gasteiger charge is -2.17. The summed E-state index contributed by atoms with van der Waals surface area (Å²) in [7, 11) is -3.03. The molecule has 28 heavy (non-hydrogen) atoms. The molecule has 148 valence electrons. The van der Waals surface area contributed by atoms with E-state index in [0.717, 1.165) is 20.9 Å². The molecule has 0 aliphatic heterocycles. The first-order valence-corrected chi connectivity index (χ1v) is 11.6. The Labute approximate surface area is 173 Å². The molecule has 7 nitrogen and oxygen atoms in total. The summed E-state index contributed by atoms with van der Waals surface area (Å²) >= 11 is 3.50. The highest BCUT2D eigenvalue weighted by Crippen LogP contribution is 2.27. The van der Waals surface area contributed by atoms with Crippen LogP contribution in [0.2, 0.25) is 0 Å². The lowest BCUT2D eigenvalue weighted by atomic mass is 10.1. The number of fused-ring (bicyclic) bond motifs is 1. The van der Waals surface area contributed by atoms with Crippen molar-refractivity contribution in [3.05, 3.63) is 52.4 Å². The molecular formula is C19H22BrN5O2S. The topological polar surface area (TPSA) is 96.9 Å². The van der Waals surface area contributed by atoms with Gasteiger partial charge >= 0.3 is 0 Å². The summed E-state index contributed by atoms with van der Waals surface area (Å²) in [5.74, 6) is 1.99. The molecular weight excluding hydrogens is 442 g/mol. The van der Waals surface area contributed by atoms with E-state index in [2.05, 4.69) is 60.6 Å². The first kappa shape index (κ1) is 20.5. The first-order valence-electron chi connectivity index (χ1n) is 8.79. The fourth-order valence-corrected chi connectivity index (χ4v) is 3.67. The SMILES string of the molecule is Cc1nc(NC(C)c2cccc(Br)c2)c2cc(NCCS(C)(=O)=O)ncc2n1. The zero-order valence-corrected chi connectivity index (χ0v) is 18.3. The standard InChI is InChI=1S/C19H22BrN5O2S/c1-12(14-5-4-6-15(20)9-14)23-19-16-10-18(21-7-8-28(3,26)27)22-11-17(16)24-13(2)25-19/h4-6,9-12H,7-8H2,1-3H3,(H,21,22)(H,23,24,25). The summed E-state index contributed by atoms with van der Waals surface area (Å²) in [5.41, 5.74) is 1.85. The summed E-state index contributed by atoms with van der Waals surface area (Å²) in [6, 6.07) is 9.97. The second-order valence-electron chi connectivity index (χ2n) is 6.68. The highest BCUT2D eigenvalue weighted by atomic mass is 79.9. The Kier molecular flexibility index (Phi) is 6.14. The van der Waals surface area contributed by atoms with Gasteiger partial charge < -0.3 is 10.6 Å². The van der Waals surface area contributed by atoms with Crippen LogP contribution in [-0.4, -0.2) is 41.9 Å². The molecule has 0 amide bonds. The molecule has 0 saturated heterocycles. The number of hydrogen-bond acceptors (Lipinski definition) is 7. The monoisotopic (exact) mass is 463 g/mol. The van der Waals surface area contributed by atoms with Gasteiger partial charge in [-0.1, -0.05) is 28.1 Å². The van der Waals surface area contributed by atoms with Crippen LogP contribution < -0.4 is 10.6 Å². The minimum absolute atomic E-state index is 0.0322. The van der Waals surface area contributed by atoms with E-state index in [-0.39, 0.29) is 11.8 Å². The molecule has 1 atom stereocenters. The third-order valence-corrected chi connectivity index (χ3v) is 5.61. The molecule has 0 bridgehead atoms. The van der Waals surface area contributed by atoms with Gasteiger partial charge in [-0.25, -0.2) is 23.4 Å². The van der Waals surface area contributed by atoms with E-state index in [0.29, 0.717) is 24.0 Å². The van der Waals surface area contributed by atoms with Gasteiger partial charge in [-0.15, -0.1) is 0 Å². The quantitative estimate of drug-likeness (QED) is 0.550. The van der Waals surface area contributed by atoms with Crippen molar-refractivity contribution in [2.24, 2.45) is 0 Å². The second kappa shape index (κ2) is 8.40. The summed E-state index contributed by atoms with van der Waals surface area (Å²) in [6.07, 6.45) is 2.88. The van der Waals surface area contributed by atoms with Crippen LogP contribution in [0.5, 0.6) is 0 Å². The number of aryl methyl sites for hydroxylation is 1. The van der Waals surface area contributed by atoms with Crippen LogP contribution in [0, 0.1) is 6.92 Å². The molecule has 0 aliphatic rings. The molecule has 1 aromatic carbocycles. The van der Waals surface area contributed by atoms with E-state index in [4.69, 9.17) is 0 Å². The molecule has 9 heteroatoms. The van der Waals surface area contributed by atoms with Crippen LogP contribution in [0.3, 0.4) is 0 Å². The average molecular weight is 464 g/mol. The molecule has 2 aromatic heterocycles. The van der Waals surface area contributed by atoms with Gasteiger partial charge in [0, 0.05) is 22.7 Å². The zero-order valence-electron chi connectivity index (χ0n) is 15.9. The van der Waals surface area contributed by atoms with E-state index >= 15 is 0 Å². The number of rotatable bonds is 7. The van der Waals surface area contributed by atoms with Crippen molar-refractivity contribution in [2.75, 3.05) is 29.2 Å². The molecule has 0 saturated carbocycles. The maximum atomic E-state index is 11.3. The molecule has 0 aliphatic carbocycles. The van der Waals surface area contributed by atoms with E-state index in [1.807, 2.05) is 25.1 Å². The number of nitrogens with one attached hydrogen (secondary N) is 2. The van der Waals surface area contributed by atoms with Crippen molar-refractivity contribution in [3.63, 3.8) is 0 Å². The number of nitrogens with zero attached hydrogens (tertiary/aromatic N) is 3. The summed E-state index contributed by atoms with van der Waals surface area (Å²) < 4.78 is 23.6. The predicted octanol–water partition coefficient (Wildman–Crippen LogP) is 3.73. The van der Waals surface area contributed by atoms with E-state index in [9.17, 15) is 8.42 Å². The van der Waals surface area contributed by atoms with Crippen LogP contribution in [0.15, 0.2) is 41.0 Å². The van der Waals surface area contributed by atoms with Crippen LogP contribution in [0.1, 0.15) is 24.4 Å². The summed E-state index contributed by atoms with van der Waals surface area (Å²) in [6.45, 7) is 4.20. The van der Waals surface area contributed by atoms with E-state index < -0.39 is 9.84 Å². The molecule has 2 N–H and O–H groups in total. The van der Waals surface area contributed by atoms with Crippen LogP contribution in [0.25, 0.3) is 10.9 Å². The number of anilines is 2. The maximum absolute atomic E-state index is 11.3. The third-order valence-electron chi connectivity index (χ3n) is 4.17. The highest BCUT2D eigenvalue weighted by molar-refractivity contribution is 9.10. The predicted molar refractivity (Wildman–Crippen MR) is 116 cm³/mol. The highest BCUT2D eigenvalue weighted by Gasteiger charge is 2.12. The van der Waals surface area contributed by atoms with E-state index in [1.165, 1.54) is 6.26 Å². The Bertz CT molecular complexity index is 1100. The Hall–Kier alpha value is -2.26. The Morgan fingerprint density at radius 3 is 2.71 bits per heavy atom. The first-order chi connectivity index (χ1) is 13.2. The number of sulfone groups is 1. The lowest BCUT2D eigenvalue weighted by Crippen LogP contribution is -2.15. The number of hydrogen-bond donors (Lipinski definition) is 2. The zero-order chi connectivity index (χ0) is 20.3. The van der Waals surface area contributed by atoms with Gasteiger partial charge in [0.2, 0.25) is 0 Å². The van der Waals surface area contributed by atoms with Gasteiger partial charge in [0.1, 0.15) is 27.3 Å². The molecule has 3 aromatic rings. The summed E-state index contributed by atoms with van der Waals surface area (Å²) in [5, 5.41) is 7.32. The smallest absolute Gasteiger partial charge is 0.149 e.